The number of fused-ring (bicyclic) bond motifs is 1. The number of hydrogen-bond donors (Lipinski definition) is 1. The first-order valence-corrected chi connectivity index (χ1v) is 6.93. The van der Waals surface area contributed by atoms with Gasteiger partial charge in [-0.05, 0) is 34.9 Å². The second-order valence-corrected chi connectivity index (χ2v) is 6.90. The molecule has 1 N–H and O–H groups in total. The smallest absolute Gasteiger partial charge is 0.335 e. The van der Waals surface area contributed by atoms with Crippen LogP contribution in [0.25, 0.3) is 11.0 Å². The highest BCUT2D eigenvalue weighted by Crippen LogP contribution is 2.68. The lowest BCUT2D eigenvalue weighted by Gasteiger charge is -2.06. The van der Waals surface area contributed by atoms with Gasteiger partial charge in [0.05, 0.1) is 22.9 Å². The number of nitrogens with zero attached hydrogens (tertiary/aromatic N) is 2. The van der Waals surface area contributed by atoms with E-state index in [2.05, 4.69) is 37.2 Å². The van der Waals surface area contributed by atoms with Crippen molar-refractivity contribution < 1.29 is 9.90 Å². The molecule has 1 aliphatic rings. The summed E-state index contributed by atoms with van der Waals surface area (Å²) >= 11 is 0. The van der Waals surface area contributed by atoms with Gasteiger partial charge in [0.2, 0.25) is 0 Å². The summed E-state index contributed by atoms with van der Waals surface area (Å²) in [5.74, 6) is -0.294. The minimum absolute atomic E-state index is 0.287. The zero-order valence-electron chi connectivity index (χ0n) is 12.3. The number of aromatic nitrogens is 2. The van der Waals surface area contributed by atoms with Crippen LogP contribution in [0, 0.1) is 16.7 Å². The SMILES string of the molecule is CC1(C)C(Cn2cnc3cc(C(=O)O)ccc32)C1(C)C. The molecule has 1 fully saturated rings. The highest BCUT2D eigenvalue weighted by Gasteiger charge is 2.64. The van der Waals surface area contributed by atoms with Crippen LogP contribution in [-0.2, 0) is 6.54 Å². The van der Waals surface area contributed by atoms with Crippen LogP contribution in [0.4, 0.5) is 0 Å². The lowest BCUT2D eigenvalue weighted by molar-refractivity contribution is 0.0697. The van der Waals surface area contributed by atoms with Gasteiger partial charge in [0, 0.05) is 6.54 Å². The fourth-order valence-corrected chi connectivity index (χ4v) is 3.33. The van der Waals surface area contributed by atoms with Gasteiger partial charge < -0.3 is 9.67 Å². The maximum atomic E-state index is 11.0. The standard InChI is InChI=1S/C16H20N2O2/c1-15(2)13(16(15,3)4)8-18-9-17-11-7-10(14(19)20)5-6-12(11)18/h5-7,9,13H,8H2,1-4H3,(H,19,20). The van der Waals surface area contributed by atoms with Crippen LogP contribution in [-0.4, -0.2) is 20.6 Å². The van der Waals surface area contributed by atoms with E-state index in [4.69, 9.17) is 5.11 Å². The topological polar surface area (TPSA) is 55.1 Å². The maximum absolute atomic E-state index is 11.0. The van der Waals surface area contributed by atoms with E-state index in [-0.39, 0.29) is 5.56 Å². The molecule has 1 aromatic carbocycles. The van der Waals surface area contributed by atoms with Crippen molar-refractivity contribution >= 4 is 17.0 Å². The van der Waals surface area contributed by atoms with Crippen LogP contribution in [0.2, 0.25) is 0 Å². The molecule has 0 bridgehead atoms. The van der Waals surface area contributed by atoms with Crippen LogP contribution in [0.15, 0.2) is 24.5 Å². The lowest BCUT2D eigenvalue weighted by atomic mass is 10.0. The summed E-state index contributed by atoms with van der Waals surface area (Å²) in [5, 5.41) is 9.01. The molecule has 4 heteroatoms. The first kappa shape index (κ1) is 13.2. The summed E-state index contributed by atoms with van der Waals surface area (Å²) in [7, 11) is 0. The van der Waals surface area contributed by atoms with E-state index < -0.39 is 5.97 Å². The minimum atomic E-state index is -0.911. The molecule has 0 atom stereocenters. The number of imidazole rings is 1. The second kappa shape index (κ2) is 3.84. The van der Waals surface area contributed by atoms with Crippen molar-refractivity contribution in [2.24, 2.45) is 16.7 Å². The summed E-state index contributed by atoms with van der Waals surface area (Å²) in [6.45, 7) is 10.2. The number of carboxylic acids is 1. The fourth-order valence-electron chi connectivity index (χ4n) is 3.33. The minimum Gasteiger partial charge on any atom is -0.478 e. The van der Waals surface area contributed by atoms with E-state index in [0.29, 0.717) is 16.7 Å². The Morgan fingerprint density at radius 1 is 1.30 bits per heavy atom. The van der Waals surface area contributed by atoms with Gasteiger partial charge in [-0.1, -0.05) is 27.7 Å². The number of aromatic carboxylic acids is 1. The Kier molecular flexibility index (Phi) is 2.53. The first-order chi connectivity index (χ1) is 9.25. The molecule has 4 nitrogen and oxygen atoms in total. The van der Waals surface area contributed by atoms with Crippen molar-refractivity contribution in [3.63, 3.8) is 0 Å². The molecule has 0 saturated heterocycles. The average Bonchev–Trinajstić information content (AvgIpc) is 2.69. The summed E-state index contributed by atoms with van der Waals surface area (Å²) in [6.07, 6.45) is 1.82. The number of rotatable bonds is 3. The van der Waals surface area contributed by atoms with Crippen molar-refractivity contribution in [2.75, 3.05) is 0 Å². The Labute approximate surface area is 118 Å². The molecule has 0 aliphatic heterocycles. The summed E-state index contributed by atoms with van der Waals surface area (Å²) in [4.78, 5) is 15.3. The predicted molar refractivity (Wildman–Crippen MR) is 77.7 cm³/mol. The second-order valence-electron chi connectivity index (χ2n) is 6.90. The van der Waals surface area contributed by atoms with Gasteiger partial charge in [-0.2, -0.15) is 0 Å². The third-order valence-electron chi connectivity index (χ3n) is 5.57. The van der Waals surface area contributed by atoms with Crippen LogP contribution in [0.3, 0.4) is 0 Å². The molecule has 106 valence electrons. The Morgan fingerprint density at radius 2 is 1.95 bits per heavy atom. The van der Waals surface area contributed by atoms with Crippen molar-refractivity contribution in [3.05, 3.63) is 30.1 Å². The molecule has 2 aromatic rings. The van der Waals surface area contributed by atoms with Gasteiger partial charge in [0.25, 0.3) is 0 Å². The molecule has 0 unspecified atom stereocenters. The molecule has 1 saturated carbocycles. The van der Waals surface area contributed by atoms with Gasteiger partial charge in [0.15, 0.2) is 0 Å². The molecule has 1 heterocycles. The fraction of sp³-hybridized carbons (Fsp3) is 0.500. The number of carboxylic acid groups (broad SMARTS) is 1. The molecule has 1 aromatic heterocycles. The highest BCUT2D eigenvalue weighted by atomic mass is 16.4. The molecule has 0 spiro atoms. The Balaban J connectivity index is 1.93. The summed E-state index contributed by atoms with van der Waals surface area (Å²) in [6, 6.07) is 5.14. The summed E-state index contributed by atoms with van der Waals surface area (Å²) < 4.78 is 2.14. The normalized spacial score (nSPS) is 20.2. The van der Waals surface area contributed by atoms with Crippen molar-refractivity contribution in [2.45, 2.75) is 34.2 Å². The number of hydrogen-bond acceptors (Lipinski definition) is 2. The zero-order valence-corrected chi connectivity index (χ0v) is 12.3. The van der Waals surface area contributed by atoms with Crippen molar-refractivity contribution in [1.82, 2.24) is 9.55 Å². The third-order valence-corrected chi connectivity index (χ3v) is 5.57. The van der Waals surface area contributed by atoms with Crippen LogP contribution in [0.5, 0.6) is 0 Å². The molecule has 20 heavy (non-hydrogen) atoms. The molecule has 0 amide bonds. The van der Waals surface area contributed by atoms with Gasteiger partial charge in [-0.3, -0.25) is 0 Å². The third kappa shape index (κ3) is 1.67. The highest BCUT2D eigenvalue weighted by molar-refractivity contribution is 5.92. The van der Waals surface area contributed by atoms with Crippen LogP contribution in [0.1, 0.15) is 38.1 Å². The van der Waals surface area contributed by atoms with Crippen molar-refractivity contribution in [1.29, 1.82) is 0 Å². The van der Waals surface area contributed by atoms with E-state index in [9.17, 15) is 4.79 Å². The quantitative estimate of drug-likeness (QED) is 0.931. The monoisotopic (exact) mass is 272 g/mol. The molecular formula is C16H20N2O2. The lowest BCUT2D eigenvalue weighted by Crippen LogP contribution is -2.03. The number of carbonyl (C=O) groups is 1. The van der Waals surface area contributed by atoms with E-state index in [1.54, 1.807) is 12.1 Å². The van der Waals surface area contributed by atoms with Gasteiger partial charge in [-0.25, -0.2) is 9.78 Å². The van der Waals surface area contributed by atoms with E-state index in [1.165, 1.54) is 0 Å². The Hall–Kier alpha value is -1.84. The maximum Gasteiger partial charge on any atom is 0.335 e. The van der Waals surface area contributed by atoms with Gasteiger partial charge in [0.1, 0.15) is 0 Å². The van der Waals surface area contributed by atoms with E-state index in [1.807, 2.05) is 12.4 Å². The van der Waals surface area contributed by atoms with Crippen LogP contribution >= 0.6 is 0 Å². The molecular weight excluding hydrogens is 252 g/mol. The average molecular weight is 272 g/mol. The molecule has 0 radical (unpaired) electrons. The first-order valence-electron chi connectivity index (χ1n) is 6.93. The largest absolute Gasteiger partial charge is 0.478 e. The van der Waals surface area contributed by atoms with E-state index in [0.717, 1.165) is 17.6 Å². The Bertz CT molecular complexity index is 684. The zero-order chi connectivity index (χ0) is 14.7. The predicted octanol–water partition coefficient (Wildman–Crippen LogP) is 3.42. The van der Waals surface area contributed by atoms with E-state index >= 15 is 0 Å². The molecule has 3 rings (SSSR count). The number of benzene rings is 1. The Morgan fingerprint density at radius 3 is 2.50 bits per heavy atom. The van der Waals surface area contributed by atoms with Crippen molar-refractivity contribution in [3.8, 4) is 0 Å². The van der Waals surface area contributed by atoms with Gasteiger partial charge in [-0.15, -0.1) is 0 Å². The summed E-state index contributed by atoms with van der Waals surface area (Å²) in [5.41, 5.74) is 2.72. The van der Waals surface area contributed by atoms with Gasteiger partial charge >= 0.3 is 5.97 Å². The molecule has 1 aliphatic carbocycles. The van der Waals surface area contributed by atoms with Crippen LogP contribution < -0.4 is 0 Å².